The van der Waals surface area contributed by atoms with Crippen molar-refractivity contribution in [3.05, 3.63) is 57.1 Å². The zero-order valence-corrected chi connectivity index (χ0v) is 15.6. The number of nitrogens with zero attached hydrogens (tertiary/aromatic N) is 4. The normalized spacial score (nSPS) is 11.2. The van der Waals surface area contributed by atoms with Gasteiger partial charge in [0.1, 0.15) is 5.75 Å². The van der Waals surface area contributed by atoms with E-state index in [-0.39, 0.29) is 17.3 Å². The Morgan fingerprint density at radius 1 is 1.30 bits per heavy atom. The highest BCUT2D eigenvalue weighted by Gasteiger charge is 2.15. The predicted molar refractivity (Wildman–Crippen MR) is 100 cm³/mol. The maximum absolute atomic E-state index is 11.9. The number of carbonyl (C=O) groups excluding carboxylic acids is 1. The summed E-state index contributed by atoms with van der Waals surface area (Å²) < 4.78 is 7.56. The van der Waals surface area contributed by atoms with E-state index < -0.39 is 17.4 Å². The Morgan fingerprint density at radius 2 is 2.00 bits per heavy atom. The summed E-state index contributed by atoms with van der Waals surface area (Å²) in [4.78, 5) is 22.0. The van der Waals surface area contributed by atoms with E-state index in [0.717, 1.165) is 9.99 Å². The van der Waals surface area contributed by atoms with Gasteiger partial charge in [-0.25, -0.2) is 0 Å². The number of hydrogen-bond acceptors (Lipinski definition) is 6. The summed E-state index contributed by atoms with van der Waals surface area (Å²) in [6, 6.07) is 10.7. The van der Waals surface area contributed by atoms with Gasteiger partial charge in [-0.15, -0.1) is 10.2 Å². The number of benzene rings is 2. The summed E-state index contributed by atoms with van der Waals surface area (Å²) in [5.41, 5.74) is 0.836. The third-order valence-corrected chi connectivity index (χ3v) is 4.27. The SMILES string of the molecule is Cn1c(O)c(N=NC(=O)COc2ccc([N+](=O)[O-])cc2)c2cc(Br)ccc21. The summed E-state index contributed by atoms with van der Waals surface area (Å²) in [5.74, 6) is -0.489. The molecular formula is C17H13BrN4O5. The first-order valence-electron chi connectivity index (χ1n) is 7.65. The summed E-state index contributed by atoms with van der Waals surface area (Å²) >= 11 is 3.35. The largest absolute Gasteiger partial charge is 0.493 e. The van der Waals surface area contributed by atoms with Crippen molar-refractivity contribution in [2.45, 2.75) is 0 Å². The average molecular weight is 433 g/mol. The van der Waals surface area contributed by atoms with Crippen LogP contribution in [0.5, 0.6) is 11.6 Å². The molecule has 2 aromatic carbocycles. The number of rotatable bonds is 5. The molecule has 0 radical (unpaired) electrons. The molecule has 1 N–H and O–H groups in total. The molecule has 0 unspecified atom stereocenters. The van der Waals surface area contributed by atoms with Gasteiger partial charge in [-0.05, 0) is 30.3 Å². The molecule has 0 saturated heterocycles. The van der Waals surface area contributed by atoms with E-state index in [2.05, 4.69) is 26.2 Å². The highest BCUT2D eigenvalue weighted by molar-refractivity contribution is 9.10. The fourth-order valence-electron chi connectivity index (χ4n) is 2.43. The van der Waals surface area contributed by atoms with Crippen LogP contribution in [0.2, 0.25) is 0 Å². The Hall–Kier alpha value is -3.27. The first-order valence-corrected chi connectivity index (χ1v) is 8.45. The van der Waals surface area contributed by atoms with E-state index in [1.165, 1.54) is 28.8 Å². The van der Waals surface area contributed by atoms with Gasteiger partial charge in [0.05, 0.1) is 10.4 Å². The topological polar surface area (TPSA) is 119 Å². The molecule has 0 fully saturated rings. The maximum atomic E-state index is 11.9. The van der Waals surface area contributed by atoms with Crippen LogP contribution < -0.4 is 4.74 Å². The van der Waals surface area contributed by atoms with Gasteiger partial charge in [0.25, 0.3) is 5.69 Å². The van der Waals surface area contributed by atoms with Gasteiger partial charge >= 0.3 is 5.91 Å². The predicted octanol–water partition coefficient (Wildman–Crippen LogP) is 4.24. The molecule has 1 aromatic heterocycles. The molecule has 3 aromatic rings. The van der Waals surface area contributed by atoms with Crippen molar-refractivity contribution in [3.63, 3.8) is 0 Å². The lowest BCUT2D eigenvalue weighted by atomic mass is 10.2. The van der Waals surface area contributed by atoms with E-state index in [1.807, 2.05) is 6.07 Å². The van der Waals surface area contributed by atoms with Crippen molar-refractivity contribution in [1.82, 2.24) is 4.57 Å². The summed E-state index contributed by atoms with van der Waals surface area (Å²) in [6.07, 6.45) is 0. The number of non-ortho nitro benzene ring substituents is 1. The molecule has 1 amide bonds. The van der Waals surface area contributed by atoms with Crippen molar-refractivity contribution in [1.29, 1.82) is 0 Å². The second kappa shape index (κ2) is 7.54. The zero-order chi connectivity index (χ0) is 19.6. The third kappa shape index (κ3) is 3.95. The molecule has 10 heteroatoms. The molecule has 0 spiro atoms. The van der Waals surface area contributed by atoms with Crippen LogP contribution in [0.3, 0.4) is 0 Å². The van der Waals surface area contributed by atoms with Crippen molar-refractivity contribution < 1.29 is 19.6 Å². The summed E-state index contributed by atoms with van der Waals surface area (Å²) in [6.45, 7) is -0.392. The minimum absolute atomic E-state index is 0.0778. The molecule has 27 heavy (non-hydrogen) atoms. The molecule has 1 heterocycles. The Kier molecular flexibility index (Phi) is 5.17. The average Bonchev–Trinajstić information content (AvgIpc) is 2.88. The number of aryl methyl sites for hydroxylation is 1. The van der Waals surface area contributed by atoms with Crippen LogP contribution >= 0.6 is 15.9 Å². The van der Waals surface area contributed by atoms with Crippen LogP contribution in [0.1, 0.15) is 0 Å². The number of azo groups is 1. The number of nitro groups is 1. The van der Waals surface area contributed by atoms with Crippen LogP contribution in [-0.4, -0.2) is 27.1 Å². The molecule has 0 aliphatic heterocycles. The maximum Gasteiger partial charge on any atom is 0.302 e. The number of nitro benzene ring substituents is 1. The Morgan fingerprint density at radius 3 is 2.67 bits per heavy atom. The molecule has 0 bridgehead atoms. The minimum Gasteiger partial charge on any atom is -0.493 e. The molecule has 0 aliphatic rings. The smallest absolute Gasteiger partial charge is 0.302 e. The zero-order valence-electron chi connectivity index (χ0n) is 14.0. The van der Waals surface area contributed by atoms with Gasteiger partial charge in [0.2, 0.25) is 5.88 Å². The van der Waals surface area contributed by atoms with Crippen molar-refractivity contribution >= 4 is 44.1 Å². The number of fused-ring (bicyclic) bond motifs is 1. The van der Waals surface area contributed by atoms with E-state index in [1.54, 1.807) is 19.2 Å². The summed E-state index contributed by atoms with van der Waals surface area (Å²) in [5, 5.41) is 28.9. The van der Waals surface area contributed by atoms with E-state index in [9.17, 15) is 20.0 Å². The monoisotopic (exact) mass is 432 g/mol. The highest BCUT2D eigenvalue weighted by atomic mass is 79.9. The van der Waals surface area contributed by atoms with Gasteiger partial charge in [-0.2, -0.15) is 0 Å². The number of aromatic nitrogens is 1. The molecule has 0 saturated carbocycles. The molecule has 0 atom stereocenters. The van der Waals surface area contributed by atoms with E-state index in [4.69, 9.17) is 4.74 Å². The fraction of sp³-hybridized carbons (Fsp3) is 0.118. The molecule has 138 valence electrons. The van der Waals surface area contributed by atoms with Gasteiger partial charge in [0.15, 0.2) is 12.3 Å². The van der Waals surface area contributed by atoms with Gasteiger partial charge in [0, 0.05) is 29.0 Å². The Labute approximate surface area is 161 Å². The van der Waals surface area contributed by atoms with Crippen LogP contribution in [-0.2, 0) is 11.8 Å². The first-order chi connectivity index (χ1) is 12.9. The molecular weight excluding hydrogens is 420 g/mol. The first kappa shape index (κ1) is 18.5. The number of halogens is 1. The quantitative estimate of drug-likeness (QED) is 0.367. The van der Waals surface area contributed by atoms with Crippen LogP contribution in [0, 0.1) is 10.1 Å². The molecule has 0 aliphatic carbocycles. The highest BCUT2D eigenvalue weighted by Crippen LogP contribution is 2.39. The Bertz CT molecular complexity index is 1060. The van der Waals surface area contributed by atoms with Gasteiger partial charge in [-0.1, -0.05) is 15.9 Å². The fourth-order valence-corrected chi connectivity index (χ4v) is 2.79. The van der Waals surface area contributed by atoms with Crippen LogP contribution in [0.4, 0.5) is 11.4 Å². The van der Waals surface area contributed by atoms with Crippen LogP contribution in [0.25, 0.3) is 10.9 Å². The van der Waals surface area contributed by atoms with Crippen LogP contribution in [0.15, 0.2) is 57.2 Å². The molecule has 9 nitrogen and oxygen atoms in total. The van der Waals surface area contributed by atoms with Crippen molar-refractivity contribution in [3.8, 4) is 11.6 Å². The Balaban J connectivity index is 1.72. The third-order valence-electron chi connectivity index (χ3n) is 3.78. The van der Waals surface area contributed by atoms with E-state index >= 15 is 0 Å². The standard InChI is InChI=1S/C17H13BrN4O5/c1-21-14-7-2-10(18)8-13(14)16(17(21)24)20-19-15(23)9-27-12-5-3-11(4-6-12)22(25)26/h2-8,24H,9H2,1H3. The lowest BCUT2D eigenvalue weighted by molar-refractivity contribution is -0.384. The second-order valence-electron chi connectivity index (χ2n) is 5.53. The number of aromatic hydroxyl groups is 1. The number of carbonyl (C=O) groups is 1. The second-order valence-corrected chi connectivity index (χ2v) is 6.44. The van der Waals surface area contributed by atoms with E-state index in [0.29, 0.717) is 11.1 Å². The molecule has 3 rings (SSSR count). The lowest BCUT2D eigenvalue weighted by Crippen LogP contribution is -2.07. The van der Waals surface area contributed by atoms with Crippen molar-refractivity contribution in [2.24, 2.45) is 17.3 Å². The number of amides is 1. The number of hydrogen-bond donors (Lipinski definition) is 1. The summed E-state index contributed by atoms with van der Waals surface area (Å²) in [7, 11) is 1.67. The lowest BCUT2D eigenvalue weighted by Gasteiger charge is -2.02. The van der Waals surface area contributed by atoms with Gasteiger partial charge in [-0.3, -0.25) is 14.9 Å². The minimum atomic E-state index is -0.667. The number of ether oxygens (including phenoxy) is 1. The van der Waals surface area contributed by atoms with Gasteiger partial charge < -0.3 is 14.4 Å². The van der Waals surface area contributed by atoms with Crippen molar-refractivity contribution in [2.75, 3.05) is 6.61 Å².